The van der Waals surface area contributed by atoms with E-state index in [4.69, 9.17) is 23.2 Å². The summed E-state index contributed by atoms with van der Waals surface area (Å²) in [5.41, 5.74) is 0.718. The summed E-state index contributed by atoms with van der Waals surface area (Å²) in [6, 6.07) is 7.59. The van der Waals surface area contributed by atoms with Gasteiger partial charge in [0.25, 0.3) is 0 Å². The van der Waals surface area contributed by atoms with Gasteiger partial charge in [0.1, 0.15) is 11.6 Å². The van der Waals surface area contributed by atoms with Gasteiger partial charge < -0.3 is 5.32 Å². The van der Waals surface area contributed by atoms with E-state index in [1.54, 1.807) is 25.1 Å². The van der Waals surface area contributed by atoms with Crippen molar-refractivity contribution in [2.75, 3.05) is 0 Å². The molecule has 0 radical (unpaired) electrons. The van der Waals surface area contributed by atoms with Crippen LogP contribution < -0.4 is 5.32 Å². The van der Waals surface area contributed by atoms with Crippen LogP contribution in [0.4, 0.5) is 8.78 Å². The smallest absolute Gasteiger partial charge is 0.225 e. The average molecular weight is 344 g/mol. The number of carbonyl (C=O) groups excluding carboxylic acids is 1. The van der Waals surface area contributed by atoms with Gasteiger partial charge in [-0.15, -0.1) is 0 Å². The van der Waals surface area contributed by atoms with Gasteiger partial charge in [0, 0.05) is 21.7 Å². The monoisotopic (exact) mass is 343 g/mol. The number of benzene rings is 2. The second-order valence-corrected chi connectivity index (χ2v) is 5.65. The van der Waals surface area contributed by atoms with Gasteiger partial charge in [-0.2, -0.15) is 0 Å². The molecular weight excluding hydrogens is 331 g/mol. The minimum Gasteiger partial charge on any atom is -0.349 e. The molecule has 1 N–H and O–H groups in total. The van der Waals surface area contributed by atoms with Gasteiger partial charge in [0.2, 0.25) is 5.91 Å². The van der Waals surface area contributed by atoms with Gasteiger partial charge in [-0.3, -0.25) is 4.79 Å². The van der Waals surface area contributed by atoms with Crippen LogP contribution >= 0.6 is 23.2 Å². The van der Waals surface area contributed by atoms with Gasteiger partial charge in [0.05, 0.1) is 12.5 Å². The van der Waals surface area contributed by atoms with Crippen LogP contribution in [0.25, 0.3) is 0 Å². The Hall–Kier alpha value is -1.65. The second-order valence-electron chi connectivity index (χ2n) is 4.83. The fourth-order valence-corrected chi connectivity index (χ4v) is 2.62. The fraction of sp³-hybridized carbons (Fsp3) is 0.188. The maximum absolute atomic E-state index is 13.7. The first-order chi connectivity index (χ1) is 10.4. The zero-order valence-corrected chi connectivity index (χ0v) is 13.2. The molecule has 0 saturated carbocycles. The predicted molar refractivity (Wildman–Crippen MR) is 83.1 cm³/mol. The number of hydrogen-bond donors (Lipinski definition) is 1. The molecule has 0 bridgehead atoms. The van der Waals surface area contributed by atoms with Gasteiger partial charge in [-0.05, 0) is 30.7 Å². The Morgan fingerprint density at radius 1 is 1.18 bits per heavy atom. The minimum absolute atomic E-state index is 0.0222. The standard InChI is InChI=1S/C16H13Cl2F2NO/c1-9(11-6-5-10(19)7-15(11)20)21-16(22)8-12-13(17)3-2-4-14(12)18/h2-7,9H,8H2,1H3,(H,21,22). The van der Waals surface area contributed by atoms with Crippen molar-refractivity contribution < 1.29 is 13.6 Å². The molecule has 0 aliphatic heterocycles. The molecule has 1 atom stereocenters. The summed E-state index contributed by atoms with van der Waals surface area (Å²) in [7, 11) is 0. The molecule has 22 heavy (non-hydrogen) atoms. The number of carbonyl (C=O) groups is 1. The van der Waals surface area contributed by atoms with Crippen molar-refractivity contribution >= 4 is 29.1 Å². The molecule has 0 fully saturated rings. The molecular formula is C16H13Cl2F2NO. The number of halogens is 4. The lowest BCUT2D eigenvalue weighted by Crippen LogP contribution is -2.28. The first-order valence-corrected chi connectivity index (χ1v) is 7.31. The Morgan fingerprint density at radius 2 is 1.82 bits per heavy atom. The molecule has 2 nitrogen and oxygen atoms in total. The topological polar surface area (TPSA) is 29.1 Å². The van der Waals surface area contributed by atoms with Crippen LogP contribution in [0.15, 0.2) is 36.4 Å². The molecule has 0 aliphatic carbocycles. The van der Waals surface area contributed by atoms with E-state index in [1.807, 2.05) is 0 Å². The number of rotatable bonds is 4. The van der Waals surface area contributed by atoms with E-state index in [0.717, 1.165) is 12.1 Å². The normalized spacial score (nSPS) is 12.0. The van der Waals surface area contributed by atoms with Crippen LogP contribution in [0, 0.1) is 11.6 Å². The summed E-state index contributed by atoms with van der Waals surface area (Å²) >= 11 is 12.0. The van der Waals surface area contributed by atoms with Crippen LogP contribution in [0.2, 0.25) is 10.0 Å². The van der Waals surface area contributed by atoms with Crippen molar-refractivity contribution in [3.8, 4) is 0 Å². The van der Waals surface area contributed by atoms with Crippen LogP contribution in [0.1, 0.15) is 24.1 Å². The Morgan fingerprint density at radius 3 is 2.41 bits per heavy atom. The van der Waals surface area contributed by atoms with Gasteiger partial charge >= 0.3 is 0 Å². The molecule has 116 valence electrons. The lowest BCUT2D eigenvalue weighted by atomic mass is 10.1. The van der Waals surface area contributed by atoms with Crippen LogP contribution in [0.3, 0.4) is 0 Å². The van der Waals surface area contributed by atoms with E-state index in [2.05, 4.69) is 5.32 Å². The van der Waals surface area contributed by atoms with Crippen molar-refractivity contribution in [3.05, 3.63) is 69.2 Å². The highest BCUT2D eigenvalue weighted by Gasteiger charge is 2.16. The second kappa shape index (κ2) is 7.07. The predicted octanol–water partition coefficient (Wildman–Crippen LogP) is 4.69. The molecule has 0 saturated heterocycles. The Balaban J connectivity index is 2.08. The average Bonchev–Trinajstić information content (AvgIpc) is 2.42. The maximum atomic E-state index is 13.7. The minimum atomic E-state index is -0.705. The maximum Gasteiger partial charge on any atom is 0.225 e. The number of hydrogen-bond acceptors (Lipinski definition) is 1. The summed E-state index contributed by atoms with van der Waals surface area (Å²) in [6.07, 6.45) is -0.0222. The van der Waals surface area contributed by atoms with Gasteiger partial charge in [-0.1, -0.05) is 35.3 Å². The van der Waals surface area contributed by atoms with E-state index in [9.17, 15) is 13.6 Å². The zero-order valence-electron chi connectivity index (χ0n) is 11.7. The highest BCUT2D eigenvalue weighted by molar-refractivity contribution is 6.36. The Bertz CT molecular complexity index is 686. The van der Waals surface area contributed by atoms with E-state index in [0.29, 0.717) is 15.6 Å². The third kappa shape index (κ3) is 3.96. The third-order valence-electron chi connectivity index (χ3n) is 3.21. The van der Waals surface area contributed by atoms with Crippen LogP contribution in [-0.4, -0.2) is 5.91 Å². The first kappa shape index (κ1) is 16.7. The molecule has 2 aromatic carbocycles. The van der Waals surface area contributed by atoms with Crippen LogP contribution in [-0.2, 0) is 11.2 Å². The molecule has 2 rings (SSSR count). The van der Waals surface area contributed by atoms with Gasteiger partial charge in [0.15, 0.2) is 0 Å². The molecule has 0 aliphatic rings. The highest BCUT2D eigenvalue weighted by atomic mass is 35.5. The van der Waals surface area contributed by atoms with E-state index in [-0.39, 0.29) is 17.9 Å². The zero-order chi connectivity index (χ0) is 16.3. The van der Waals surface area contributed by atoms with Crippen molar-refractivity contribution in [2.24, 2.45) is 0 Å². The van der Waals surface area contributed by atoms with Gasteiger partial charge in [-0.25, -0.2) is 8.78 Å². The lowest BCUT2D eigenvalue weighted by Gasteiger charge is -2.16. The van der Waals surface area contributed by atoms with Crippen molar-refractivity contribution in [1.82, 2.24) is 5.32 Å². The summed E-state index contributed by atoms with van der Waals surface area (Å²) in [5, 5.41) is 3.42. The van der Waals surface area contributed by atoms with Crippen LogP contribution in [0.5, 0.6) is 0 Å². The van der Waals surface area contributed by atoms with Crippen molar-refractivity contribution in [1.29, 1.82) is 0 Å². The third-order valence-corrected chi connectivity index (χ3v) is 3.91. The lowest BCUT2D eigenvalue weighted by molar-refractivity contribution is -0.121. The Kier molecular flexibility index (Phi) is 5.37. The summed E-state index contributed by atoms with van der Waals surface area (Å²) < 4.78 is 26.6. The SMILES string of the molecule is CC(NC(=O)Cc1c(Cl)cccc1Cl)c1ccc(F)cc1F. The first-order valence-electron chi connectivity index (χ1n) is 6.55. The Labute approximate surface area is 137 Å². The molecule has 1 amide bonds. The van der Waals surface area contributed by atoms with Crippen molar-refractivity contribution in [3.63, 3.8) is 0 Å². The molecule has 6 heteroatoms. The summed E-state index contributed by atoms with van der Waals surface area (Å²) in [5.74, 6) is -1.72. The quantitative estimate of drug-likeness (QED) is 0.857. The molecule has 2 aromatic rings. The number of nitrogens with one attached hydrogen (secondary N) is 1. The highest BCUT2D eigenvalue weighted by Crippen LogP contribution is 2.25. The summed E-state index contributed by atoms with van der Waals surface area (Å²) in [4.78, 5) is 12.1. The largest absolute Gasteiger partial charge is 0.349 e. The summed E-state index contributed by atoms with van der Waals surface area (Å²) in [6.45, 7) is 1.61. The van der Waals surface area contributed by atoms with E-state index in [1.165, 1.54) is 6.07 Å². The molecule has 0 heterocycles. The van der Waals surface area contributed by atoms with E-state index < -0.39 is 17.7 Å². The van der Waals surface area contributed by atoms with E-state index >= 15 is 0 Å². The number of amides is 1. The molecule has 0 spiro atoms. The van der Waals surface area contributed by atoms with Crippen molar-refractivity contribution in [2.45, 2.75) is 19.4 Å². The molecule has 0 aromatic heterocycles. The fourth-order valence-electron chi connectivity index (χ4n) is 2.08. The molecule has 1 unspecified atom stereocenters.